The third-order valence-corrected chi connectivity index (χ3v) is 3.57. The number of aryl methyl sites for hydroxylation is 2. The molecule has 0 aromatic carbocycles. The molecule has 0 unspecified atom stereocenters. The molecule has 5 nitrogen and oxygen atoms in total. The Morgan fingerprint density at radius 2 is 2.06 bits per heavy atom. The van der Waals surface area contributed by atoms with Crippen molar-refractivity contribution < 1.29 is 0 Å². The molecule has 2 rings (SSSR count). The van der Waals surface area contributed by atoms with Gasteiger partial charge in [-0.15, -0.1) is 0 Å². The molecule has 0 bridgehead atoms. The van der Waals surface area contributed by atoms with Gasteiger partial charge in [0, 0.05) is 19.0 Å². The van der Waals surface area contributed by atoms with Gasteiger partial charge in [-0.2, -0.15) is 11.3 Å². The molecule has 0 fully saturated rings. The van der Waals surface area contributed by atoms with Crippen molar-refractivity contribution in [3.63, 3.8) is 0 Å². The first-order valence-electron chi connectivity index (χ1n) is 5.83. The lowest BCUT2D eigenvalue weighted by atomic mass is 10.2. The minimum Gasteiger partial charge on any atom is -0.366 e. The van der Waals surface area contributed by atoms with Crippen LogP contribution < -0.4 is 16.6 Å². The van der Waals surface area contributed by atoms with Gasteiger partial charge in [-0.1, -0.05) is 6.92 Å². The van der Waals surface area contributed by atoms with Gasteiger partial charge < -0.3 is 10.7 Å². The number of hydrogen-bond donors (Lipinski definition) is 3. The third-order valence-electron chi connectivity index (χ3n) is 2.66. The summed E-state index contributed by atoms with van der Waals surface area (Å²) >= 11 is 1.71. The van der Waals surface area contributed by atoms with Gasteiger partial charge in [-0.3, -0.25) is 0 Å². The monoisotopic (exact) mass is 263 g/mol. The number of aromatic nitrogens is 2. The van der Waals surface area contributed by atoms with E-state index in [0.717, 1.165) is 24.6 Å². The van der Waals surface area contributed by atoms with Gasteiger partial charge in [-0.05, 0) is 28.8 Å². The highest BCUT2D eigenvalue weighted by molar-refractivity contribution is 7.08. The number of hydrogen-bond acceptors (Lipinski definition) is 6. The Labute approximate surface area is 110 Å². The second-order valence-corrected chi connectivity index (χ2v) is 4.73. The second-order valence-electron chi connectivity index (χ2n) is 3.99. The van der Waals surface area contributed by atoms with Crippen molar-refractivity contribution in [2.24, 2.45) is 5.84 Å². The zero-order valence-electron chi connectivity index (χ0n) is 10.5. The number of hydrazine groups is 1. The van der Waals surface area contributed by atoms with Crippen molar-refractivity contribution in [3.8, 4) is 0 Å². The van der Waals surface area contributed by atoms with E-state index < -0.39 is 0 Å². The predicted octanol–water partition coefficient (Wildman–Crippen LogP) is 2.31. The van der Waals surface area contributed by atoms with Gasteiger partial charge in [0.05, 0.1) is 0 Å². The van der Waals surface area contributed by atoms with Crippen LogP contribution in [0.1, 0.15) is 23.9 Å². The van der Waals surface area contributed by atoms with E-state index >= 15 is 0 Å². The van der Waals surface area contributed by atoms with Crippen molar-refractivity contribution in [2.45, 2.75) is 26.8 Å². The highest BCUT2D eigenvalue weighted by atomic mass is 32.1. The molecule has 2 aromatic rings. The highest BCUT2D eigenvalue weighted by Gasteiger charge is 2.04. The molecule has 0 aliphatic carbocycles. The topological polar surface area (TPSA) is 75.9 Å². The van der Waals surface area contributed by atoms with Crippen LogP contribution in [0.15, 0.2) is 16.8 Å². The van der Waals surface area contributed by atoms with Crippen LogP contribution in [0.25, 0.3) is 0 Å². The standard InChI is InChI=1S/C12H17N5S/c1-3-10-15-11(4-12(16-10)17-13)14-5-9-7-18-6-8(9)2/h4,6-7H,3,5,13H2,1-2H3,(H2,14,15,16,17). The first kappa shape index (κ1) is 12.8. The summed E-state index contributed by atoms with van der Waals surface area (Å²) in [6, 6.07) is 1.81. The molecule has 0 saturated heterocycles. The second kappa shape index (κ2) is 5.79. The number of nitrogens with zero attached hydrogens (tertiary/aromatic N) is 2. The fourth-order valence-corrected chi connectivity index (χ4v) is 2.43. The van der Waals surface area contributed by atoms with Crippen LogP contribution in [0.4, 0.5) is 11.6 Å². The van der Waals surface area contributed by atoms with E-state index in [1.807, 2.05) is 6.92 Å². The van der Waals surface area contributed by atoms with Gasteiger partial charge in [0.25, 0.3) is 0 Å². The molecule has 4 N–H and O–H groups in total. The Hall–Kier alpha value is -1.66. The first-order chi connectivity index (χ1) is 8.72. The number of thiophene rings is 1. The number of anilines is 2. The van der Waals surface area contributed by atoms with Crippen LogP contribution in [0.5, 0.6) is 0 Å². The van der Waals surface area contributed by atoms with Crippen LogP contribution in [0, 0.1) is 6.92 Å². The highest BCUT2D eigenvalue weighted by Crippen LogP contribution is 2.16. The lowest BCUT2D eigenvalue weighted by Gasteiger charge is -2.09. The van der Waals surface area contributed by atoms with E-state index in [9.17, 15) is 0 Å². The maximum absolute atomic E-state index is 5.39. The van der Waals surface area contributed by atoms with E-state index in [0.29, 0.717) is 5.82 Å². The molecule has 0 saturated carbocycles. The normalized spacial score (nSPS) is 10.4. The quantitative estimate of drug-likeness (QED) is 0.570. The van der Waals surface area contributed by atoms with Gasteiger partial charge in [0.15, 0.2) is 0 Å². The molecule has 0 radical (unpaired) electrons. The minimum atomic E-state index is 0.631. The molecule has 0 aliphatic rings. The molecular formula is C12H17N5S. The van der Waals surface area contributed by atoms with Crippen LogP contribution in [-0.2, 0) is 13.0 Å². The average molecular weight is 263 g/mol. The minimum absolute atomic E-state index is 0.631. The molecule has 18 heavy (non-hydrogen) atoms. The zero-order chi connectivity index (χ0) is 13.0. The van der Waals surface area contributed by atoms with Crippen LogP contribution in [0.2, 0.25) is 0 Å². The van der Waals surface area contributed by atoms with Crippen molar-refractivity contribution in [3.05, 3.63) is 33.8 Å². The van der Waals surface area contributed by atoms with Gasteiger partial charge in [0.2, 0.25) is 0 Å². The summed E-state index contributed by atoms with van der Waals surface area (Å²) in [5, 5.41) is 7.58. The molecule has 6 heteroatoms. The van der Waals surface area contributed by atoms with Gasteiger partial charge in [0.1, 0.15) is 17.5 Å². The Morgan fingerprint density at radius 3 is 2.67 bits per heavy atom. The molecular weight excluding hydrogens is 246 g/mol. The number of nitrogen functional groups attached to an aromatic ring is 1. The summed E-state index contributed by atoms with van der Waals surface area (Å²) in [6.07, 6.45) is 0.779. The van der Waals surface area contributed by atoms with E-state index in [1.165, 1.54) is 11.1 Å². The maximum Gasteiger partial charge on any atom is 0.145 e. The molecule has 0 spiro atoms. The third kappa shape index (κ3) is 2.96. The lowest BCUT2D eigenvalue weighted by molar-refractivity contribution is 0.931. The number of nitrogens with one attached hydrogen (secondary N) is 2. The first-order valence-corrected chi connectivity index (χ1v) is 6.77. The van der Waals surface area contributed by atoms with E-state index in [4.69, 9.17) is 5.84 Å². The Balaban J connectivity index is 2.11. The van der Waals surface area contributed by atoms with Crippen molar-refractivity contribution in [1.82, 2.24) is 9.97 Å². The zero-order valence-corrected chi connectivity index (χ0v) is 11.3. The van der Waals surface area contributed by atoms with Crippen LogP contribution >= 0.6 is 11.3 Å². The Kier molecular flexibility index (Phi) is 4.11. The molecule has 0 aliphatic heterocycles. The summed E-state index contributed by atoms with van der Waals surface area (Å²) in [5.74, 6) is 7.59. The van der Waals surface area contributed by atoms with Gasteiger partial charge in [-0.25, -0.2) is 15.8 Å². The van der Waals surface area contributed by atoms with Gasteiger partial charge >= 0.3 is 0 Å². The van der Waals surface area contributed by atoms with Crippen molar-refractivity contribution >= 4 is 23.0 Å². The molecule has 0 atom stereocenters. The molecule has 2 heterocycles. The smallest absolute Gasteiger partial charge is 0.145 e. The number of nitrogens with two attached hydrogens (primary N) is 1. The van der Waals surface area contributed by atoms with Crippen LogP contribution in [0.3, 0.4) is 0 Å². The molecule has 0 amide bonds. The fraction of sp³-hybridized carbons (Fsp3) is 0.333. The predicted molar refractivity (Wildman–Crippen MR) is 75.6 cm³/mol. The van der Waals surface area contributed by atoms with E-state index in [1.54, 1.807) is 17.4 Å². The summed E-state index contributed by atoms with van der Waals surface area (Å²) in [5.41, 5.74) is 5.15. The fourth-order valence-electron chi connectivity index (χ4n) is 1.57. The largest absolute Gasteiger partial charge is 0.366 e. The number of rotatable bonds is 5. The molecule has 2 aromatic heterocycles. The van der Waals surface area contributed by atoms with Crippen molar-refractivity contribution in [2.75, 3.05) is 10.7 Å². The van der Waals surface area contributed by atoms with E-state index in [-0.39, 0.29) is 0 Å². The van der Waals surface area contributed by atoms with Crippen LogP contribution in [-0.4, -0.2) is 9.97 Å². The Bertz CT molecular complexity index is 501. The average Bonchev–Trinajstić information content (AvgIpc) is 2.81. The lowest BCUT2D eigenvalue weighted by Crippen LogP contribution is -2.12. The summed E-state index contributed by atoms with van der Waals surface area (Å²) in [7, 11) is 0. The summed E-state index contributed by atoms with van der Waals surface area (Å²) < 4.78 is 0. The summed E-state index contributed by atoms with van der Waals surface area (Å²) in [6.45, 7) is 4.89. The Morgan fingerprint density at radius 1 is 1.28 bits per heavy atom. The summed E-state index contributed by atoms with van der Waals surface area (Å²) in [4.78, 5) is 8.66. The molecule has 96 valence electrons. The SMILES string of the molecule is CCc1nc(NN)cc(NCc2cscc2C)n1. The van der Waals surface area contributed by atoms with Crippen molar-refractivity contribution in [1.29, 1.82) is 0 Å². The maximum atomic E-state index is 5.39. The van der Waals surface area contributed by atoms with E-state index in [2.05, 4.69) is 38.4 Å².